The lowest BCUT2D eigenvalue weighted by Gasteiger charge is -2.14. The van der Waals surface area contributed by atoms with Crippen molar-refractivity contribution in [2.75, 3.05) is 0 Å². The Labute approximate surface area is 317 Å². The molecule has 0 aliphatic heterocycles. The molecule has 0 N–H and O–H groups in total. The third-order valence-electron chi connectivity index (χ3n) is 10.1. The van der Waals surface area contributed by atoms with Crippen molar-refractivity contribution < 1.29 is 4.42 Å². The number of hydrogen-bond donors (Lipinski definition) is 0. The van der Waals surface area contributed by atoms with Gasteiger partial charge >= 0.3 is 0 Å². The van der Waals surface area contributed by atoms with Gasteiger partial charge in [-0.05, 0) is 98.6 Å². The Morgan fingerprint density at radius 3 is 1.30 bits per heavy atom. The summed E-state index contributed by atoms with van der Waals surface area (Å²) in [7, 11) is 0. The van der Waals surface area contributed by atoms with E-state index in [1.807, 2.05) is 41.7 Å². The van der Waals surface area contributed by atoms with E-state index in [1.165, 1.54) is 70.2 Å². The molecule has 3 nitrogen and oxygen atoms in total. The maximum Gasteiger partial charge on any atom is 0.248 e. The lowest BCUT2D eigenvalue weighted by molar-refractivity contribution is 0.584. The van der Waals surface area contributed by atoms with Crippen LogP contribution in [-0.2, 0) is 0 Å². The fourth-order valence-electron chi connectivity index (χ4n) is 7.45. The van der Waals surface area contributed by atoms with Crippen LogP contribution in [-0.4, -0.2) is 10.2 Å². The second kappa shape index (κ2) is 13.6. The van der Waals surface area contributed by atoms with Gasteiger partial charge in [0.2, 0.25) is 11.8 Å². The molecule has 0 saturated carbocycles. The largest absolute Gasteiger partial charge is 0.416 e. The molecule has 54 heavy (non-hydrogen) atoms. The molecule has 0 radical (unpaired) electrons. The second-order valence-electron chi connectivity index (χ2n) is 13.4. The number of nitrogens with zero attached hydrogens (tertiary/aromatic N) is 2. The molecule has 10 aromatic rings. The summed E-state index contributed by atoms with van der Waals surface area (Å²) in [5, 5.41) is 11.2. The highest BCUT2D eigenvalue weighted by Gasteiger charge is 2.18. The van der Waals surface area contributed by atoms with Gasteiger partial charge in [-0.1, -0.05) is 146 Å². The van der Waals surface area contributed by atoms with Gasteiger partial charge in [0.05, 0.1) is 0 Å². The number of rotatable bonds is 7. The van der Waals surface area contributed by atoms with Crippen molar-refractivity contribution in [1.82, 2.24) is 10.2 Å². The average Bonchev–Trinajstić information content (AvgIpc) is 3.90. The van der Waals surface area contributed by atoms with Crippen molar-refractivity contribution >= 4 is 31.5 Å². The summed E-state index contributed by atoms with van der Waals surface area (Å²) in [6, 6.07) is 68.9. The molecule has 0 amide bonds. The Balaban J connectivity index is 1.14. The zero-order chi connectivity index (χ0) is 35.8. The van der Waals surface area contributed by atoms with Gasteiger partial charge in [0.1, 0.15) is 0 Å². The highest BCUT2D eigenvalue weighted by Crippen LogP contribution is 2.46. The SMILES string of the molecule is c1ccc(-c2nnc(-c3ccc(-c4cc(-c5ccccc5-c5ccccc5)cc5c4sc4ccc(-c6ccccc6-c6ccccc6)cc45)cc3)o2)cc1. The second-order valence-corrected chi connectivity index (χ2v) is 14.4. The summed E-state index contributed by atoms with van der Waals surface area (Å²) >= 11 is 1.85. The maximum atomic E-state index is 6.11. The summed E-state index contributed by atoms with van der Waals surface area (Å²) in [6.07, 6.45) is 0. The molecule has 2 aromatic heterocycles. The molecule has 0 aliphatic carbocycles. The molecule has 0 bridgehead atoms. The van der Waals surface area contributed by atoms with Crippen molar-refractivity contribution in [3.63, 3.8) is 0 Å². The quantitative estimate of drug-likeness (QED) is 0.165. The first-order chi connectivity index (χ1) is 26.8. The fourth-order valence-corrected chi connectivity index (χ4v) is 8.65. The van der Waals surface area contributed by atoms with E-state index in [2.05, 4.69) is 174 Å². The molecule has 0 unspecified atom stereocenters. The maximum absolute atomic E-state index is 6.11. The first-order valence-electron chi connectivity index (χ1n) is 18.1. The highest BCUT2D eigenvalue weighted by molar-refractivity contribution is 7.26. The molecular weight excluding hydrogens is 677 g/mol. The van der Waals surface area contributed by atoms with Gasteiger partial charge in [0, 0.05) is 36.9 Å². The van der Waals surface area contributed by atoms with Crippen LogP contribution in [0, 0.1) is 0 Å². The van der Waals surface area contributed by atoms with E-state index in [1.54, 1.807) is 0 Å². The van der Waals surface area contributed by atoms with E-state index < -0.39 is 0 Å². The zero-order valence-electron chi connectivity index (χ0n) is 29.2. The van der Waals surface area contributed by atoms with E-state index in [-0.39, 0.29) is 0 Å². The Bertz CT molecular complexity index is 2910. The van der Waals surface area contributed by atoms with E-state index in [4.69, 9.17) is 4.42 Å². The van der Waals surface area contributed by atoms with Gasteiger partial charge < -0.3 is 4.42 Å². The minimum atomic E-state index is 0.501. The van der Waals surface area contributed by atoms with Crippen LogP contribution in [0.1, 0.15) is 0 Å². The monoisotopic (exact) mass is 708 g/mol. The number of benzene rings is 8. The summed E-state index contributed by atoms with van der Waals surface area (Å²) in [5.41, 5.74) is 13.8. The molecule has 0 saturated heterocycles. The van der Waals surface area contributed by atoms with Crippen LogP contribution in [0.25, 0.3) is 98.7 Å². The van der Waals surface area contributed by atoms with Crippen LogP contribution in [0.4, 0.5) is 0 Å². The van der Waals surface area contributed by atoms with E-state index in [0.29, 0.717) is 11.8 Å². The molecule has 0 fully saturated rings. The van der Waals surface area contributed by atoms with Gasteiger partial charge in [-0.3, -0.25) is 0 Å². The normalized spacial score (nSPS) is 11.3. The van der Waals surface area contributed by atoms with Gasteiger partial charge in [0.25, 0.3) is 0 Å². The number of thiophene rings is 1. The van der Waals surface area contributed by atoms with Gasteiger partial charge in [-0.15, -0.1) is 21.5 Å². The molecule has 0 spiro atoms. The fraction of sp³-hybridized carbons (Fsp3) is 0. The number of fused-ring (bicyclic) bond motifs is 3. The third-order valence-corrected chi connectivity index (χ3v) is 11.3. The third kappa shape index (κ3) is 5.79. The predicted molar refractivity (Wildman–Crippen MR) is 225 cm³/mol. The minimum Gasteiger partial charge on any atom is -0.416 e. The first kappa shape index (κ1) is 31.8. The van der Waals surface area contributed by atoms with Gasteiger partial charge in [-0.25, -0.2) is 0 Å². The van der Waals surface area contributed by atoms with Gasteiger partial charge in [-0.2, -0.15) is 0 Å². The number of hydrogen-bond acceptors (Lipinski definition) is 4. The molecule has 0 atom stereocenters. The molecule has 10 rings (SSSR count). The predicted octanol–water partition coefficient (Wildman–Crippen LogP) is 14.1. The summed E-state index contributed by atoms with van der Waals surface area (Å²) in [5.74, 6) is 1.01. The van der Waals surface area contributed by atoms with Crippen molar-refractivity contribution in [2.24, 2.45) is 0 Å². The Kier molecular flexibility index (Phi) is 8.01. The van der Waals surface area contributed by atoms with Crippen molar-refractivity contribution in [3.05, 3.63) is 194 Å². The Hall–Kier alpha value is -6.88. The summed E-state index contributed by atoms with van der Waals surface area (Å²) in [4.78, 5) is 0. The average molecular weight is 709 g/mol. The lowest BCUT2D eigenvalue weighted by atomic mass is 9.90. The van der Waals surface area contributed by atoms with Crippen LogP contribution in [0.2, 0.25) is 0 Å². The first-order valence-corrected chi connectivity index (χ1v) is 18.9. The topological polar surface area (TPSA) is 38.9 Å². The lowest BCUT2D eigenvalue weighted by Crippen LogP contribution is -1.88. The van der Waals surface area contributed by atoms with E-state index >= 15 is 0 Å². The van der Waals surface area contributed by atoms with E-state index in [0.717, 1.165) is 16.7 Å². The molecule has 0 aliphatic rings. The van der Waals surface area contributed by atoms with Crippen LogP contribution in [0.3, 0.4) is 0 Å². The van der Waals surface area contributed by atoms with Crippen LogP contribution < -0.4 is 0 Å². The smallest absolute Gasteiger partial charge is 0.248 e. The van der Waals surface area contributed by atoms with E-state index in [9.17, 15) is 0 Å². The molecule has 2 heterocycles. The van der Waals surface area contributed by atoms with Crippen molar-refractivity contribution in [1.29, 1.82) is 0 Å². The molecular formula is C50H32N2OS. The molecule has 4 heteroatoms. The summed E-state index contributed by atoms with van der Waals surface area (Å²) in [6.45, 7) is 0. The number of aromatic nitrogens is 2. The molecule has 254 valence electrons. The standard InChI is InChI=1S/C50H32N2OS/c1-4-14-33(15-5-1)40-20-10-12-22-42(40)38-28-29-47-45(30-38)46-32-39(43-23-13-11-21-41(43)34-16-6-2-7-17-34)31-44(48(46)54-47)35-24-26-37(27-25-35)50-52-51-49(53-50)36-18-8-3-9-19-36/h1-32H. The minimum absolute atomic E-state index is 0.501. The molecule has 8 aromatic carbocycles. The van der Waals surface area contributed by atoms with Crippen LogP contribution in [0.5, 0.6) is 0 Å². The van der Waals surface area contributed by atoms with Crippen molar-refractivity contribution in [3.8, 4) is 78.5 Å². The highest BCUT2D eigenvalue weighted by atomic mass is 32.1. The Morgan fingerprint density at radius 2 is 0.722 bits per heavy atom. The van der Waals surface area contributed by atoms with Gasteiger partial charge in [0.15, 0.2) is 0 Å². The van der Waals surface area contributed by atoms with Crippen molar-refractivity contribution in [2.45, 2.75) is 0 Å². The Morgan fingerprint density at radius 1 is 0.315 bits per heavy atom. The zero-order valence-corrected chi connectivity index (χ0v) is 30.0. The van der Waals surface area contributed by atoms with Crippen LogP contribution >= 0.6 is 11.3 Å². The summed E-state index contributed by atoms with van der Waals surface area (Å²) < 4.78 is 8.63. The van der Waals surface area contributed by atoms with Crippen LogP contribution in [0.15, 0.2) is 199 Å².